The fraction of sp³-hybridized carbons (Fsp3) is 0.143. The number of amides is 2. The first-order valence-corrected chi connectivity index (χ1v) is 5.92. The number of urea groups is 1. The van der Waals surface area contributed by atoms with Gasteiger partial charge in [0.25, 0.3) is 0 Å². The number of aryl methyl sites for hydroxylation is 2. The summed E-state index contributed by atoms with van der Waals surface area (Å²) in [4.78, 5) is 15.8. The minimum atomic E-state index is -0.713. The molecular weight excluding hydrogens is 264 g/mol. The Morgan fingerprint density at radius 2 is 1.85 bits per heavy atom. The van der Waals surface area contributed by atoms with Crippen molar-refractivity contribution < 1.29 is 13.6 Å². The number of hydrogen-bond acceptors (Lipinski definition) is 2. The Balaban J connectivity index is 2.11. The molecule has 0 aliphatic carbocycles. The molecule has 0 saturated heterocycles. The van der Waals surface area contributed by atoms with Crippen LogP contribution in [0.15, 0.2) is 30.3 Å². The van der Waals surface area contributed by atoms with Gasteiger partial charge in [0.15, 0.2) is 0 Å². The van der Waals surface area contributed by atoms with E-state index in [4.69, 9.17) is 0 Å². The molecule has 1 heterocycles. The van der Waals surface area contributed by atoms with Crippen molar-refractivity contribution in [2.45, 2.75) is 13.8 Å². The third kappa shape index (κ3) is 3.50. The third-order valence-corrected chi connectivity index (χ3v) is 2.52. The SMILES string of the molecule is Cc1cc(C)nc(NC(=O)Nc2cc(F)ccc2F)c1. The van der Waals surface area contributed by atoms with Gasteiger partial charge in [-0.2, -0.15) is 0 Å². The van der Waals surface area contributed by atoms with Gasteiger partial charge in [-0.05, 0) is 43.7 Å². The summed E-state index contributed by atoms with van der Waals surface area (Å²) in [5.41, 5.74) is 1.45. The van der Waals surface area contributed by atoms with Crippen molar-refractivity contribution in [3.8, 4) is 0 Å². The van der Waals surface area contributed by atoms with E-state index in [1.807, 2.05) is 13.0 Å². The maximum absolute atomic E-state index is 13.4. The van der Waals surface area contributed by atoms with E-state index in [9.17, 15) is 13.6 Å². The summed E-state index contributed by atoms with van der Waals surface area (Å²) in [5.74, 6) is -1.00. The highest BCUT2D eigenvalue weighted by Gasteiger charge is 2.09. The van der Waals surface area contributed by atoms with Gasteiger partial charge in [-0.25, -0.2) is 18.6 Å². The monoisotopic (exact) mass is 277 g/mol. The number of aromatic nitrogens is 1. The number of nitrogens with zero attached hydrogens (tertiary/aromatic N) is 1. The molecule has 0 fully saturated rings. The molecule has 2 aromatic rings. The van der Waals surface area contributed by atoms with Crippen molar-refractivity contribution in [3.63, 3.8) is 0 Å². The average molecular weight is 277 g/mol. The summed E-state index contributed by atoms with van der Waals surface area (Å²) in [6.07, 6.45) is 0. The second kappa shape index (κ2) is 5.64. The fourth-order valence-corrected chi connectivity index (χ4v) is 1.77. The van der Waals surface area contributed by atoms with Gasteiger partial charge in [0.2, 0.25) is 0 Å². The maximum atomic E-state index is 13.4. The molecule has 0 bridgehead atoms. The smallest absolute Gasteiger partial charge is 0.305 e. The summed E-state index contributed by atoms with van der Waals surface area (Å²) in [6.45, 7) is 3.66. The van der Waals surface area contributed by atoms with Crippen LogP contribution in [0.2, 0.25) is 0 Å². The number of pyridine rings is 1. The summed E-state index contributed by atoms with van der Waals surface area (Å²) >= 11 is 0. The molecule has 0 radical (unpaired) electrons. The lowest BCUT2D eigenvalue weighted by Crippen LogP contribution is -2.21. The quantitative estimate of drug-likeness (QED) is 0.880. The van der Waals surface area contributed by atoms with Gasteiger partial charge >= 0.3 is 6.03 Å². The van der Waals surface area contributed by atoms with Crippen molar-refractivity contribution in [3.05, 3.63) is 53.2 Å². The summed E-state index contributed by atoms with van der Waals surface area (Å²) in [6, 6.07) is 5.67. The number of halogens is 2. The standard InChI is InChI=1S/C14H13F2N3O/c1-8-5-9(2)17-13(6-8)19-14(20)18-12-7-10(15)3-4-11(12)16/h3-7H,1-2H3,(H2,17,18,19,20). The zero-order chi connectivity index (χ0) is 14.7. The number of carbonyl (C=O) groups is 1. The molecule has 1 aromatic carbocycles. The number of anilines is 2. The van der Waals surface area contributed by atoms with Crippen LogP contribution in [-0.2, 0) is 0 Å². The Morgan fingerprint density at radius 3 is 2.55 bits per heavy atom. The van der Waals surface area contributed by atoms with E-state index in [1.165, 1.54) is 0 Å². The van der Waals surface area contributed by atoms with Gasteiger partial charge in [0, 0.05) is 11.8 Å². The van der Waals surface area contributed by atoms with Crippen molar-refractivity contribution in [1.29, 1.82) is 0 Å². The predicted molar refractivity (Wildman–Crippen MR) is 72.7 cm³/mol. The molecular formula is C14H13F2N3O. The van der Waals surface area contributed by atoms with Crippen LogP contribution in [0.3, 0.4) is 0 Å². The van der Waals surface area contributed by atoms with Crippen LogP contribution in [0.25, 0.3) is 0 Å². The lowest BCUT2D eigenvalue weighted by Gasteiger charge is -2.09. The lowest BCUT2D eigenvalue weighted by atomic mass is 10.2. The van der Waals surface area contributed by atoms with Crippen LogP contribution < -0.4 is 10.6 Å². The summed E-state index contributed by atoms with van der Waals surface area (Å²) in [7, 11) is 0. The predicted octanol–water partition coefficient (Wildman–Crippen LogP) is 3.62. The first kappa shape index (κ1) is 13.9. The van der Waals surface area contributed by atoms with Gasteiger partial charge in [-0.1, -0.05) is 0 Å². The maximum Gasteiger partial charge on any atom is 0.324 e. The minimum Gasteiger partial charge on any atom is -0.305 e. The minimum absolute atomic E-state index is 0.230. The lowest BCUT2D eigenvalue weighted by molar-refractivity contribution is 0.262. The molecule has 2 amide bonds. The van der Waals surface area contributed by atoms with Crippen LogP contribution in [-0.4, -0.2) is 11.0 Å². The number of benzene rings is 1. The highest BCUT2D eigenvalue weighted by Crippen LogP contribution is 2.16. The van der Waals surface area contributed by atoms with Gasteiger partial charge in [0.1, 0.15) is 17.5 Å². The molecule has 2 N–H and O–H groups in total. The number of hydrogen-bond donors (Lipinski definition) is 2. The van der Waals surface area contributed by atoms with Gasteiger partial charge < -0.3 is 5.32 Å². The van der Waals surface area contributed by atoms with E-state index in [0.717, 1.165) is 29.5 Å². The molecule has 1 aromatic heterocycles. The van der Waals surface area contributed by atoms with Crippen LogP contribution in [0.5, 0.6) is 0 Å². The summed E-state index contributed by atoms with van der Waals surface area (Å²) in [5, 5.41) is 4.70. The van der Waals surface area contributed by atoms with Crippen LogP contribution >= 0.6 is 0 Å². The van der Waals surface area contributed by atoms with E-state index in [0.29, 0.717) is 5.82 Å². The number of nitrogens with one attached hydrogen (secondary N) is 2. The molecule has 20 heavy (non-hydrogen) atoms. The largest absolute Gasteiger partial charge is 0.324 e. The van der Waals surface area contributed by atoms with Gasteiger partial charge in [0.05, 0.1) is 5.69 Å². The Labute approximate surface area is 114 Å². The van der Waals surface area contributed by atoms with Crippen molar-refractivity contribution in [2.75, 3.05) is 10.6 Å². The Kier molecular flexibility index (Phi) is 3.93. The van der Waals surface area contributed by atoms with E-state index in [1.54, 1.807) is 13.0 Å². The molecule has 0 unspecified atom stereocenters. The second-order valence-electron chi connectivity index (χ2n) is 4.37. The van der Waals surface area contributed by atoms with E-state index >= 15 is 0 Å². The molecule has 0 saturated carbocycles. The molecule has 104 valence electrons. The van der Waals surface area contributed by atoms with Crippen molar-refractivity contribution in [2.24, 2.45) is 0 Å². The summed E-state index contributed by atoms with van der Waals surface area (Å²) < 4.78 is 26.4. The van der Waals surface area contributed by atoms with Gasteiger partial charge in [-0.15, -0.1) is 0 Å². The zero-order valence-corrected chi connectivity index (χ0v) is 11.0. The molecule has 4 nitrogen and oxygen atoms in total. The highest BCUT2D eigenvalue weighted by atomic mass is 19.1. The van der Waals surface area contributed by atoms with Crippen molar-refractivity contribution in [1.82, 2.24) is 4.98 Å². The Morgan fingerprint density at radius 1 is 1.10 bits per heavy atom. The van der Waals surface area contributed by atoms with Crippen LogP contribution in [0.4, 0.5) is 25.1 Å². The fourth-order valence-electron chi connectivity index (χ4n) is 1.77. The molecule has 0 spiro atoms. The average Bonchev–Trinajstić information content (AvgIpc) is 2.32. The Bertz CT molecular complexity index is 639. The highest BCUT2D eigenvalue weighted by molar-refractivity contribution is 5.99. The molecule has 0 atom stereocenters. The van der Waals surface area contributed by atoms with E-state index < -0.39 is 17.7 Å². The second-order valence-corrected chi connectivity index (χ2v) is 4.37. The molecule has 0 aliphatic heterocycles. The zero-order valence-electron chi connectivity index (χ0n) is 11.0. The molecule has 2 rings (SSSR count). The molecule has 0 aliphatic rings. The van der Waals surface area contributed by atoms with Crippen LogP contribution in [0.1, 0.15) is 11.3 Å². The van der Waals surface area contributed by atoms with E-state index in [2.05, 4.69) is 15.6 Å². The van der Waals surface area contributed by atoms with E-state index in [-0.39, 0.29) is 5.69 Å². The number of rotatable bonds is 2. The normalized spacial score (nSPS) is 10.2. The topological polar surface area (TPSA) is 54.0 Å². The first-order valence-electron chi connectivity index (χ1n) is 5.92. The third-order valence-electron chi connectivity index (χ3n) is 2.52. The van der Waals surface area contributed by atoms with Crippen molar-refractivity contribution >= 4 is 17.5 Å². The Hall–Kier alpha value is -2.50. The molecule has 6 heteroatoms. The first-order chi connectivity index (χ1) is 9.44. The number of carbonyl (C=O) groups excluding carboxylic acids is 1. The van der Waals surface area contributed by atoms with Gasteiger partial charge in [-0.3, -0.25) is 5.32 Å². The van der Waals surface area contributed by atoms with Crippen LogP contribution in [0, 0.1) is 25.5 Å².